The molecule has 2 fully saturated rings. The van der Waals surface area contributed by atoms with Crippen molar-refractivity contribution in [1.82, 2.24) is 9.88 Å². The van der Waals surface area contributed by atoms with Crippen molar-refractivity contribution in [2.45, 2.75) is 24.9 Å². The maximum absolute atomic E-state index is 14.4. The first-order valence-electron chi connectivity index (χ1n) is 8.11. The first-order chi connectivity index (χ1) is 11.2. The number of aliphatic hydroxyl groups is 1. The van der Waals surface area contributed by atoms with Crippen LogP contribution in [0.5, 0.6) is 5.75 Å². The monoisotopic (exact) mass is 325 g/mol. The van der Waals surface area contributed by atoms with E-state index in [1.165, 1.54) is 6.07 Å². The van der Waals surface area contributed by atoms with E-state index >= 15 is 0 Å². The molecule has 0 saturated carbocycles. The fraction of sp³-hybridized carbons (Fsp3) is 0.688. The zero-order valence-electron chi connectivity index (χ0n) is 13.4. The van der Waals surface area contributed by atoms with Crippen molar-refractivity contribution in [3.05, 3.63) is 18.1 Å². The van der Waals surface area contributed by atoms with E-state index in [2.05, 4.69) is 9.88 Å². The predicted molar refractivity (Wildman–Crippen MR) is 84.4 cm³/mol. The molecule has 0 aliphatic carbocycles. The molecule has 7 heteroatoms. The van der Waals surface area contributed by atoms with Crippen LogP contribution in [0.3, 0.4) is 0 Å². The van der Waals surface area contributed by atoms with Gasteiger partial charge in [-0.2, -0.15) is 0 Å². The van der Waals surface area contributed by atoms with Gasteiger partial charge in [-0.1, -0.05) is 0 Å². The molecule has 1 N–H and O–H groups in total. The summed E-state index contributed by atoms with van der Waals surface area (Å²) in [6.07, 6.45) is 3.62. The third-order valence-electron chi connectivity index (χ3n) is 4.69. The molecule has 2 aliphatic heterocycles. The molecule has 3 rings (SSSR count). The average molecular weight is 325 g/mol. The minimum atomic E-state index is -0.356. The van der Waals surface area contributed by atoms with Gasteiger partial charge >= 0.3 is 0 Å². The van der Waals surface area contributed by atoms with E-state index in [0.29, 0.717) is 30.8 Å². The lowest BCUT2D eigenvalue weighted by atomic mass is 10.1. The van der Waals surface area contributed by atoms with Gasteiger partial charge in [0.1, 0.15) is 12.4 Å². The Morgan fingerprint density at radius 3 is 2.96 bits per heavy atom. The SMILES string of the molecule is COCCOc1cnc(N2CCN3C(CC[C@H]3CO)C2)c(F)c1. The number of aromatic nitrogens is 1. The summed E-state index contributed by atoms with van der Waals surface area (Å²) in [5, 5.41) is 9.40. The molecular weight excluding hydrogens is 301 g/mol. The van der Waals surface area contributed by atoms with Crippen LogP contribution >= 0.6 is 0 Å². The van der Waals surface area contributed by atoms with Crippen molar-refractivity contribution >= 4 is 5.82 Å². The summed E-state index contributed by atoms with van der Waals surface area (Å²) in [5.41, 5.74) is 0. The molecule has 2 aliphatic rings. The van der Waals surface area contributed by atoms with Crippen molar-refractivity contribution in [2.24, 2.45) is 0 Å². The van der Waals surface area contributed by atoms with Crippen LogP contribution in [-0.4, -0.2) is 73.6 Å². The molecular formula is C16H24FN3O3. The Balaban J connectivity index is 1.63. The lowest BCUT2D eigenvalue weighted by Gasteiger charge is -2.40. The third kappa shape index (κ3) is 3.57. The number of halogens is 1. The van der Waals surface area contributed by atoms with Crippen LogP contribution in [0.25, 0.3) is 0 Å². The highest BCUT2D eigenvalue weighted by Gasteiger charge is 2.37. The number of methoxy groups -OCH3 is 1. The van der Waals surface area contributed by atoms with Gasteiger partial charge < -0.3 is 19.5 Å². The van der Waals surface area contributed by atoms with Crippen LogP contribution in [0.2, 0.25) is 0 Å². The molecule has 1 unspecified atom stereocenters. The molecule has 3 heterocycles. The molecule has 0 radical (unpaired) electrons. The highest BCUT2D eigenvalue weighted by molar-refractivity contribution is 5.43. The number of hydrogen-bond acceptors (Lipinski definition) is 6. The molecule has 2 atom stereocenters. The summed E-state index contributed by atoms with van der Waals surface area (Å²) < 4.78 is 24.6. The molecule has 1 aromatic rings. The zero-order valence-corrected chi connectivity index (χ0v) is 13.4. The Bertz CT molecular complexity index is 531. The Morgan fingerprint density at radius 1 is 1.35 bits per heavy atom. The lowest BCUT2D eigenvalue weighted by molar-refractivity contribution is 0.119. The van der Waals surface area contributed by atoms with Crippen LogP contribution < -0.4 is 9.64 Å². The first kappa shape index (κ1) is 16.4. The van der Waals surface area contributed by atoms with Gasteiger partial charge in [-0.25, -0.2) is 9.37 Å². The lowest BCUT2D eigenvalue weighted by Crippen LogP contribution is -2.53. The van der Waals surface area contributed by atoms with Crippen LogP contribution in [0.1, 0.15) is 12.8 Å². The number of aliphatic hydroxyl groups excluding tert-OH is 1. The van der Waals surface area contributed by atoms with Crippen molar-refractivity contribution in [3.8, 4) is 5.75 Å². The molecule has 2 saturated heterocycles. The van der Waals surface area contributed by atoms with Crippen LogP contribution in [0, 0.1) is 5.82 Å². The maximum Gasteiger partial charge on any atom is 0.169 e. The summed E-state index contributed by atoms with van der Waals surface area (Å²) in [6.45, 7) is 3.35. The number of nitrogens with zero attached hydrogens (tertiary/aromatic N) is 3. The largest absolute Gasteiger partial charge is 0.489 e. The number of piperazine rings is 1. The number of ether oxygens (including phenoxy) is 2. The van der Waals surface area contributed by atoms with Gasteiger partial charge in [-0.05, 0) is 12.8 Å². The smallest absolute Gasteiger partial charge is 0.169 e. The minimum absolute atomic E-state index is 0.205. The zero-order chi connectivity index (χ0) is 16.2. The summed E-state index contributed by atoms with van der Waals surface area (Å²) in [7, 11) is 1.59. The van der Waals surface area contributed by atoms with Crippen molar-refractivity contribution < 1.29 is 19.0 Å². The fourth-order valence-corrected chi connectivity index (χ4v) is 3.51. The normalized spacial score (nSPS) is 24.7. The molecule has 0 amide bonds. The van der Waals surface area contributed by atoms with E-state index in [-0.39, 0.29) is 18.5 Å². The fourth-order valence-electron chi connectivity index (χ4n) is 3.51. The van der Waals surface area contributed by atoms with E-state index in [9.17, 15) is 9.50 Å². The molecule has 0 bridgehead atoms. The van der Waals surface area contributed by atoms with E-state index in [1.807, 2.05) is 4.90 Å². The molecule has 0 aromatic carbocycles. The van der Waals surface area contributed by atoms with Gasteiger partial charge in [0.05, 0.1) is 19.4 Å². The predicted octanol–water partition coefficient (Wildman–Crippen LogP) is 0.891. The van der Waals surface area contributed by atoms with Gasteiger partial charge in [-0.3, -0.25) is 4.90 Å². The van der Waals surface area contributed by atoms with Crippen LogP contribution in [0.15, 0.2) is 12.3 Å². The number of rotatable bonds is 6. The van der Waals surface area contributed by atoms with Crippen LogP contribution in [0.4, 0.5) is 10.2 Å². The minimum Gasteiger partial charge on any atom is -0.489 e. The second-order valence-corrected chi connectivity index (χ2v) is 6.07. The van der Waals surface area contributed by atoms with Crippen molar-refractivity contribution in [2.75, 3.05) is 51.5 Å². The van der Waals surface area contributed by atoms with Crippen molar-refractivity contribution in [3.63, 3.8) is 0 Å². The van der Waals surface area contributed by atoms with E-state index in [1.54, 1.807) is 13.3 Å². The van der Waals surface area contributed by atoms with Gasteiger partial charge in [0.2, 0.25) is 0 Å². The summed E-state index contributed by atoms with van der Waals surface area (Å²) >= 11 is 0. The van der Waals surface area contributed by atoms with Gasteiger partial charge in [0.15, 0.2) is 11.6 Å². The van der Waals surface area contributed by atoms with Crippen molar-refractivity contribution in [1.29, 1.82) is 0 Å². The molecule has 23 heavy (non-hydrogen) atoms. The highest BCUT2D eigenvalue weighted by Crippen LogP contribution is 2.30. The molecule has 0 spiro atoms. The second-order valence-electron chi connectivity index (χ2n) is 6.07. The molecule has 6 nitrogen and oxygen atoms in total. The Kier molecular flexibility index (Phi) is 5.30. The topological polar surface area (TPSA) is 58.1 Å². The van der Waals surface area contributed by atoms with Gasteiger partial charge in [-0.15, -0.1) is 0 Å². The number of fused-ring (bicyclic) bond motifs is 1. The standard InChI is InChI=1S/C16H24FN3O3/c1-22-6-7-23-14-8-15(17)16(18-9-14)19-4-5-20-12(10-19)2-3-13(20)11-21/h8-9,12-13,21H,2-7,10-11H2,1H3/t12?,13-/m0/s1. The second kappa shape index (κ2) is 7.42. The number of pyridine rings is 1. The Hall–Kier alpha value is -1.44. The highest BCUT2D eigenvalue weighted by atomic mass is 19.1. The third-order valence-corrected chi connectivity index (χ3v) is 4.69. The molecule has 1 aromatic heterocycles. The van der Waals surface area contributed by atoms with E-state index in [0.717, 1.165) is 32.5 Å². The Morgan fingerprint density at radius 2 is 2.22 bits per heavy atom. The van der Waals surface area contributed by atoms with E-state index < -0.39 is 0 Å². The van der Waals surface area contributed by atoms with Gasteiger partial charge in [0.25, 0.3) is 0 Å². The average Bonchev–Trinajstić information content (AvgIpc) is 2.97. The summed E-state index contributed by atoms with van der Waals surface area (Å²) in [5.74, 6) is 0.449. The summed E-state index contributed by atoms with van der Waals surface area (Å²) in [6, 6.07) is 2.02. The van der Waals surface area contributed by atoms with Crippen LogP contribution in [-0.2, 0) is 4.74 Å². The Labute approximate surface area is 135 Å². The summed E-state index contributed by atoms with van der Waals surface area (Å²) in [4.78, 5) is 8.59. The molecule has 128 valence electrons. The first-order valence-corrected chi connectivity index (χ1v) is 8.11. The van der Waals surface area contributed by atoms with Gasteiger partial charge in [0, 0.05) is 44.9 Å². The van der Waals surface area contributed by atoms with E-state index in [4.69, 9.17) is 9.47 Å². The number of anilines is 1. The maximum atomic E-state index is 14.4. The quantitative estimate of drug-likeness (QED) is 0.784. The number of hydrogen-bond donors (Lipinski definition) is 1.